The summed E-state index contributed by atoms with van der Waals surface area (Å²) in [7, 11) is 2.85. The van der Waals surface area contributed by atoms with Crippen molar-refractivity contribution < 1.29 is 4.79 Å². The number of aryl methyl sites for hydroxylation is 1. The Labute approximate surface area is 142 Å². The number of fused-ring (bicyclic) bond motifs is 1. The summed E-state index contributed by atoms with van der Waals surface area (Å²) in [5.74, 6) is -0.271. The maximum atomic E-state index is 12.5. The molecule has 0 bridgehead atoms. The summed E-state index contributed by atoms with van der Waals surface area (Å²) in [5.41, 5.74) is -0.825. The molecular weight excluding hydrogens is 334 g/mol. The van der Waals surface area contributed by atoms with Crippen molar-refractivity contribution in [1.29, 1.82) is 0 Å². The molecule has 2 aromatic rings. The topological polar surface area (TPSA) is 82.1 Å². The highest BCUT2D eigenvalue weighted by atomic mass is 35.5. The van der Waals surface area contributed by atoms with Gasteiger partial charge in [-0.15, -0.1) is 13.2 Å². The molecular formula is C15H18ClN5O3. The largest absolute Gasteiger partial charge is 0.334 e. The summed E-state index contributed by atoms with van der Waals surface area (Å²) < 4.78 is 3.47. The highest BCUT2D eigenvalue weighted by molar-refractivity contribution is 6.29. The van der Waals surface area contributed by atoms with Crippen LogP contribution in [0, 0.1) is 0 Å². The van der Waals surface area contributed by atoms with E-state index in [1.807, 2.05) is 0 Å². The second-order valence-electron chi connectivity index (χ2n) is 5.22. The second-order valence-corrected chi connectivity index (χ2v) is 5.56. The van der Waals surface area contributed by atoms with Crippen molar-refractivity contribution in [3.8, 4) is 0 Å². The van der Waals surface area contributed by atoms with Gasteiger partial charge in [0.25, 0.3) is 5.56 Å². The Hall–Kier alpha value is -2.61. The van der Waals surface area contributed by atoms with Crippen LogP contribution in [0.1, 0.15) is 0 Å². The van der Waals surface area contributed by atoms with Gasteiger partial charge in [0, 0.05) is 27.2 Å². The van der Waals surface area contributed by atoms with Crippen LogP contribution in [-0.4, -0.2) is 42.6 Å². The molecule has 2 rings (SSSR count). The van der Waals surface area contributed by atoms with Crippen molar-refractivity contribution in [2.24, 2.45) is 14.1 Å². The molecule has 1 amide bonds. The first-order valence-electron chi connectivity index (χ1n) is 7.14. The Morgan fingerprint density at radius 3 is 2.33 bits per heavy atom. The third-order valence-corrected chi connectivity index (χ3v) is 3.93. The minimum atomic E-state index is -0.556. The van der Waals surface area contributed by atoms with Crippen LogP contribution in [0.5, 0.6) is 0 Å². The van der Waals surface area contributed by atoms with Gasteiger partial charge in [0.05, 0.1) is 0 Å². The van der Waals surface area contributed by atoms with E-state index in [-0.39, 0.29) is 28.9 Å². The van der Waals surface area contributed by atoms with Crippen LogP contribution in [0.3, 0.4) is 0 Å². The zero-order valence-electron chi connectivity index (χ0n) is 13.5. The minimum Gasteiger partial charge on any atom is -0.334 e. The van der Waals surface area contributed by atoms with Gasteiger partial charge in [-0.2, -0.15) is 4.98 Å². The molecule has 0 fully saturated rings. The number of imidazole rings is 1. The van der Waals surface area contributed by atoms with Crippen molar-refractivity contribution in [2.45, 2.75) is 6.54 Å². The predicted octanol–water partition coefficient (Wildman–Crippen LogP) is 0.288. The lowest BCUT2D eigenvalue weighted by Gasteiger charge is -2.19. The van der Waals surface area contributed by atoms with Crippen LogP contribution >= 0.6 is 11.6 Å². The van der Waals surface area contributed by atoms with Gasteiger partial charge in [0.15, 0.2) is 11.2 Å². The van der Waals surface area contributed by atoms with E-state index < -0.39 is 11.2 Å². The first-order valence-corrected chi connectivity index (χ1v) is 7.52. The maximum absolute atomic E-state index is 12.5. The van der Waals surface area contributed by atoms with Gasteiger partial charge >= 0.3 is 5.69 Å². The average molecular weight is 352 g/mol. The molecule has 0 N–H and O–H groups in total. The number of hydrogen-bond acceptors (Lipinski definition) is 4. The van der Waals surface area contributed by atoms with Crippen LogP contribution in [0.15, 0.2) is 34.9 Å². The fraction of sp³-hybridized carbons (Fsp3) is 0.333. The number of carbonyl (C=O) groups excluding carboxylic acids is 1. The number of hydrogen-bond donors (Lipinski definition) is 0. The molecule has 2 aromatic heterocycles. The van der Waals surface area contributed by atoms with Crippen LogP contribution in [0.4, 0.5) is 0 Å². The van der Waals surface area contributed by atoms with Crippen LogP contribution in [-0.2, 0) is 25.4 Å². The molecule has 0 spiro atoms. The van der Waals surface area contributed by atoms with E-state index >= 15 is 0 Å². The maximum Gasteiger partial charge on any atom is 0.332 e. The van der Waals surface area contributed by atoms with Gasteiger partial charge in [-0.25, -0.2) is 4.79 Å². The summed E-state index contributed by atoms with van der Waals surface area (Å²) in [4.78, 5) is 42.4. The summed E-state index contributed by atoms with van der Waals surface area (Å²) >= 11 is 6.10. The fourth-order valence-corrected chi connectivity index (χ4v) is 2.61. The summed E-state index contributed by atoms with van der Waals surface area (Å²) in [6, 6.07) is 0. The van der Waals surface area contributed by atoms with Gasteiger partial charge in [0.1, 0.15) is 6.54 Å². The minimum absolute atomic E-state index is 0.0335. The van der Waals surface area contributed by atoms with E-state index in [4.69, 9.17) is 11.6 Å². The molecule has 0 aliphatic carbocycles. The van der Waals surface area contributed by atoms with Gasteiger partial charge in [-0.1, -0.05) is 12.2 Å². The van der Waals surface area contributed by atoms with Gasteiger partial charge in [0.2, 0.25) is 11.2 Å². The van der Waals surface area contributed by atoms with E-state index in [0.29, 0.717) is 13.1 Å². The molecule has 0 aromatic carbocycles. The molecule has 0 radical (unpaired) electrons. The molecule has 128 valence electrons. The Kier molecular flexibility index (Phi) is 5.08. The van der Waals surface area contributed by atoms with Gasteiger partial charge in [-0.3, -0.25) is 23.3 Å². The van der Waals surface area contributed by atoms with Gasteiger partial charge < -0.3 is 4.90 Å². The van der Waals surface area contributed by atoms with Crippen molar-refractivity contribution in [3.63, 3.8) is 0 Å². The predicted molar refractivity (Wildman–Crippen MR) is 92.2 cm³/mol. The van der Waals surface area contributed by atoms with Crippen molar-refractivity contribution in [2.75, 3.05) is 13.1 Å². The highest BCUT2D eigenvalue weighted by Crippen LogP contribution is 2.15. The molecule has 0 aliphatic rings. The summed E-state index contributed by atoms with van der Waals surface area (Å²) in [6.07, 6.45) is 3.19. The van der Waals surface area contributed by atoms with Crippen molar-refractivity contribution in [1.82, 2.24) is 23.6 Å². The van der Waals surface area contributed by atoms with Crippen molar-refractivity contribution in [3.05, 3.63) is 51.4 Å². The lowest BCUT2D eigenvalue weighted by Crippen LogP contribution is -2.38. The molecule has 9 heteroatoms. The standard InChI is InChI=1S/C15H18ClN5O3/c1-5-7-20(8-6-2)10(22)9-21-11-12(17-14(21)16)18(3)15(24)19(4)13(11)23/h5-6H,1-2,7-9H2,3-4H3. The summed E-state index contributed by atoms with van der Waals surface area (Å²) in [5, 5.41) is -0.0335. The zero-order chi connectivity index (χ0) is 18.0. The lowest BCUT2D eigenvalue weighted by molar-refractivity contribution is -0.130. The fourth-order valence-electron chi connectivity index (χ4n) is 2.39. The van der Waals surface area contributed by atoms with E-state index in [0.717, 1.165) is 4.57 Å². The third kappa shape index (κ3) is 2.92. The number of amides is 1. The molecule has 2 heterocycles. The molecule has 0 saturated carbocycles. The number of halogens is 1. The molecule has 0 saturated heterocycles. The highest BCUT2D eigenvalue weighted by Gasteiger charge is 2.21. The molecule has 0 atom stereocenters. The average Bonchev–Trinajstić information content (AvgIpc) is 2.87. The third-order valence-electron chi connectivity index (χ3n) is 3.65. The van der Waals surface area contributed by atoms with Crippen LogP contribution in [0.25, 0.3) is 11.2 Å². The Balaban J connectivity index is 2.57. The molecule has 0 aliphatic heterocycles. The number of carbonyl (C=O) groups is 1. The molecule has 0 unspecified atom stereocenters. The number of aromatic nitrogens is 4. The first kappa shape index (κ1) is 17.7. The van der Waals surface area contributed by atoms with Crippen molar-refractivity contribution >= 4 is 28.7 Å². The Morgan fingerprint density at radius 2 is 1.79 bits per heavy atom. The SMILES string of the molecule is C=CCN(CC=C)C(=O)Cn1c(Cl)nc2c1c(=O)n(C)c(=O)n2C. The Bertz CT molecular complexity index is 927. The van der Waals surface area contributed by atoms with Gasteiger partial charge in [-0.05, 0) is 11.6 Å². The molecule has 8 nitrogen and oxygen atoms in total. The number of rotatable bonds is 6. The van der Waals surface area contributed by atoms with E-state index in [2.05, 4.69) is 18.1 Å². The zero-order valence-corrected chi connectivity index (χ0v) is 14.3. The normalized spacial score (nSPS) is 10.8. The van der Waals surface area contributed by atoms with Crippen LogP contribution in [0.2, 0.25) is 5.28 Å². The lowest BCUT2D eigenvalue weighted by atomic mass is 10.4. The Morgan fingerprint density at radius 1 is 1.21 bits per heavy atom. The monoisotopic (exact) mass is 351 g/mol. The second kappa shape index (κ2) is 6.88. The van der Waals surface area contributed by atoms with E-state index in [9.17, 15) is 14.4 Å². The quantitative estimate of drug-likeness (QED) is 0.553. The first-order chi connectivity index (χ1) is 11.3. The number of nitrogens with zero attached hydrogens (tertiary/aromatic N) is 5. The summed E-state index contributed by atoms with van der Waals surface area (Å²) in [6.45, 7) is 7.73. The molecule has 24 heavy (non-hydrogen) atoms. The van der Waals surface area contributed by atoms with E-state index in [1.54, 1.807) is 12.2 Å². The van der Waals surface area contributed by atoms with Crippen LogP contribution < -0.4 is 11.2 Å². The van der Waals surface area contributed by atoms with E-state index in [1.165, 1.54) is 28.1 Å². The smallest absolute Gasteiger partial charge is 0.332 e.